The third-order valence-electron chi connectivity index (χ3n) is 5.83. The SMILES string of the molecule is CC(NC(c1ccccc1)C1CCCCC1)C1CCCC1. The fraction of sp³-hybridized carbons (Fsp3) is 0.700. The monoisotopic (exact) mass is 285 g/mol. The van der Waals surface area contributed by atoms with Gasteiger partial charge in [-0.15, -0.1) is 0 Å². The van der Waals surface area contributed by atoms with E-state index in [9.17, 15) is 0 Å². The van der Waals surface area contributed by atoms with Crippen molar-refractivity contribution in [2.24, 2.45) is 11.8 Å². The Morgan fingerprint density at radius 3 is 2.05 bits per heavy atom. The van der Waals surface area contributed by atoms with Gasteiger partial charge in [0, 0.05) is 12.1 Å². The van der Waals surface area contributed by atoms with Crippen LogP contribution < -0.4 is 5.32 Å². The van der Waals surface area contributed by atoms with E-state index in [0.29, 0.717) is 12.1 Å². The molecular formula is C20H31N. The minimum atomic E-state index is 0.571. The molecule has 1 aromatic rings. The Balaban J connectivity index is 1.71. The highest BCUT2D eigenvalue weighted by Crippen LogP contribution is 2.36. The Morgan fingerprint density at radius 2 is 1.38 bits per heavy atom. The van der Waals surface area contributed by atoms with Crippen LogP contribution >= 0.6 is 0 Å². The molecule has 3 rings (SSSR count). The largest absolute Gasteiger partial charge is 0.307 e. The van der Waals surface area contributed by atoms with E-state index in [-0.39, 0.29) is 0 Å². The Hall–Kier alpha value is -0.820. The maximum absolute atomic E-state index is 4.04. The second-order valence-corrected chi connectivity index (χ2v) is 7.29. The lowest BCUT2D eigenvalue weighted by molar-refractivity contribution is 0.234. The molecule has 2 atom stereocenters. The van der Waals surface area contributed by atoms with Crippen LogP contribution in [-0.4, -0.2) is 6.04 Å². The van der Waals surface area contributed by atoms with Gasteiger partial charge in [-0.1, -0.05) is 62.4 Å². The van der Waals surface area contributed by atoms with Gasteiger partial charge in [0.05, 0.1) is 0 Å². The first-order valence-corrected chi connectivity index (χ1v) is 9.15. The first kappa shape index (κ1) is 15.1. The molecule has 2 aliphatic carbocycles. The molecule has 1 heteroatoms. The van der Waals surface area contributed by atoms with E-state index in [4.69, 9.17) is 0 Å². The predicted octanol–water partition coefficient (Wildman–Crippen LogP) is 5.48. The normalized spacial score (nSPS) is 24.0. The molecule has 1 aromatic carbocycles. The third kappa shape index (κ3) is 3.88. The van der Waals surface area contributed by atoms with E-state index < -0.39 is 0 Å². The quantitative estimate of drug-likeness (QED) is 0.755. The summed E-state index contributed by atoms with van der Waals surface area (Å²) < 4.78 is 0. The molecule has 2 fully saturated rings. The van der Waals surface area contributed by atoms with Crippen LogP contribution in [0.3, 0.4) is 0 Å². The van der Waals surface area contributed by atoms with E-state index in [1.807, 2.05) is 0 Å². The Bertz CT molecular complexity index is 401. The molecule has 2 saturated carbocycles. The van der Waals surface area contributed by atoms with Gasteiger partial charge in [-0.25, -0.2) is 0 Å². The molecule has 0 heterocycles. The lowest BCUT2D eigenvalue weighted by Crippen LogP contribution is -2.39. The zero-order valence-corrected chi connectivity index (χ0v) is 13.6. The van der Waals surface area contributed by atoms with Gasteiger partial charge < -0.3 is 5.32 Å². The molecule has 2 aliphatic rings. The van der Waals surface area contributed by atoms with Crippen LogP contribution in [0.2, 0.25) is 0 Å². The first-order chi connectivity index (χ1) is 10.3. The molecule has 0 saturated heterocycles. The van der Waals surface area contributed by atoms with E-state index in [0.717, 1.165) is 11.8 Å². The molecular weight excluding hydrogens is 254 g/mol. The molecule has 0 aliphatic heterocycles. The van der Waals surface area contributed by atoms with Gasteiger partial charge in [0.2, 0.25) is 0 Å². The zero-order valence-electron chi connectivity index (χ0n) is 13.6. The van der Waals surface area contributed by atoms with Crippen LogP contribution in [0.15, 0.2) is 30.3 Å². The molecule has 1 N–H and O–H groups in total. The summed E-state index contributed by atoms with van der Waals surface area (Å²) in [6.07, 6.45) is 12.8. The lowest BCUT2D eigenvalue weighted by atomic mass is 9.80. The van der Waals surface area contributed by atoms with Crippen molar-refractivity contribution >= 4 is 0 Å². The van der Waals surface area contributed by atoms with Gasteiger partial charge in [-0.05, 0) is 50.0 Å². The zero-order chi connectivity index (χ0) is 14.5. The van der Waals surface area contributed by atoms with E-state index in [2.05, 4.69) is 42.6 Å². The lowest BCUT2D eigenvalue weighted by Gasteiger charge is -2.35. The molecule has 0 bridgehead atoms. The highest BCUT2D eigenvalue weighted by Gasteiger charge is 2.29. The van der Waals surface area contributed by atoms with Crippen molar-refractivity contribution < 1.29 is 0 Å². The van der Waals surface area contributed by atoms with E-state index >= 15 is 0 Å². The first-order valence-electron chi connectivity index (χ1n) is 9.15. The molecule has 0 spiro atoms. The van der Waals surface area contributed by atoms with E-state index in [1.54, 1.807) is 0 Å². The minimum Gasteiger partial charge on any atom is -0.307 e. The Labute approximate surface area is 130 Å². The number of hydrogen-bond acceptors (Lipinski definition) is 1. The van der Waals surface area contributed by atoms with Crippen LogP contribution in [0, 0.1) is 11.8 Å². The van der Waals surface area contributed by atoms with Crippen molar-refractivity contribution in [1.82, 2.24) is 5.32 Å². The second kappa shape index (κ2) is 7.45. The molecule has 0 aromatic heterocycles. The Morgan fingerprint density at radius 1 is 0.810 bits per heavy atom. The van der Waals surface area contributed by atoms with Gasteiger partial charge >= 0.3 is 0 Å². The third-order valence-corrected chi connectivity index (χ3v) is 5.83. The van der Waals surface area contributed by atoms with Crippen LogP contribution in [0.5, 0.6) is 0 Å². The van der Waals surface area contributed by atoms with Crippen LogP contribution in [0.4, 0.5) is 0 Å². The van der Waals surface area contributed by atoms with Crippen LogP contribution in [0.25, 0.3) is 0 Å². The van der Waals surface area contributed by atoms with Crippen molar-refractivity contribution in [3.63, 3.8) is 0 Å². The summed E-state index contributed by atoms with van der Waals surface area (Å²) in [7, 11) is 0. The fourth-order valence-electron chi connectivity index (χ4n) is 4.51. The van der Waals surface area contributed by atoms with Crippen LogP contribution in [0.1, 0.15) is 76.3 Å². The average Bonchev–Trinajstić information content (AvgIpc) is 3.09. The van der Waals surface area contributed by atoms with Gasteiger partial charge in [-0.2, -0.15) is 0 Å². The molecule has 2 unspecified atom stereocenters. The fourth-order valence-corrected chi connectivity index (χ4v) is 4.51. The second-order valence-electron chi connectivity index (χ2n) is 7.29. The van der Waals surface area contributed by atoms with Crippen LogP contribution in [-0.2, 0) is 0 Å². The number of benzene rings is 1. The summed E-state index contributed by atoms with van der Waals surface area (Å²) in [6, 6.07) is 12.4. The van der Waals surface area contributed by atoms with Crippen molar-refractivity contribution in [2.45, 2.75) is 76.8 Å². The van der Waals surface area contributed by atoms with Gasteiger partial charge in [0.25, 0.3) is 0 Å². The van der Waals surface area contributed by atoms with Gasteiger partial charge in [0.1, 0.15) is 0 Å². The molecule has 0 radical (unpaired) electrons. The standard InChI is InChI=1S/C20H31N/c1-16(17-10-8-9-11-17)21-20(18-12-4-2-5-13-18)19-14-6-3-7-15-19/h2,4-5,12-13,16-17,19-21H,3,6-11,14-15H2,1H3. The van der Waals surface area contributed by atoms with Crippen molar-refractivity contribution in [3.05, 3.63) is 35.9 Å². The maximum Gasteiger partial charge on any atom is 0.0351 e. The topological polar surface area (TPSA) is 12.0 Å². The highest BCUT2D eigenvalue weighted by atomic mass is 15.0. The Kier molecular flexibility index (Phi) is 5.35. The number of rotatable bonds is 5. The van der Waals surface area contributed by atoms with E-state index in [1.165, 1.54) is 63.4 Å². The van der Waals surface area contributed by atoms with Crippen molar-refractivity contribution in [2.75, 3.05) is 0 Å². The predicted molar refractivity (Wildman–Crippen MR) is 90.3 cm³/mol. The number of hydrogen-bond donors (Lipinski definition) is 1. The summed E-state index contributed by atoms with van der Waals surface area (Å²) in [4.78, 5) is 0. The molecule has 116 valence electrons. The molecule has 1 nitrogen and oxygen atoms in total. The smallest absolute Gasteiger partial charge is 0.0351 e. The summed E-state index contributed by atoms with van der Waals surface area (Å²) in [5.41, 5.74) is 1.51. The number of nitrogens with one attached hydrogen (secondary N) is 1. The average molecular weight is 285 g/mol. The summed E-state index contributed by atoms with van der Waals surface area (Å²) in [5.74, 6) is 1.74. The summed E-state index contributed by atoms with van der Waals surface area (Å²) in [6.45, 7) is 2.43. The maximum atomic E-state index is 4.04. The minimum absolute atomic E-state index is 0.571. The van der Waals surface area contributed by atoms with Gasteiger partial charge in [0.15, 0.2) is 0 Å². The highest BCUT2D eigenvalue weighted by molar-refractivity contribution is 5.20. The summed E-state index contributed by atoms with van der Waals surface area (Å²) in [5, 5.41) is 4.04. The molecule has 0 amide bonds. The summed E-state index contributed by atoms with van der Waals surface area (Å²) >= 11 is 0. The van der Waals surface area contributed by atoms with Crippen molar-refractivity contribution in [3.8, 4) is 0 Å². The van der Waals surface area contributed by atoms with Crippen molar-refractivity contribution in [1.29, 1.82) is 0 Å². The molecule has 21 heavy (non-hydrogen) atoms. The van der Waals surface area contributed by atoms with Gasteiger partial charge in [-0.3, -0.25) is 0 Å².